The Morgan fingerprint density at radius 2 is 1.93 bits per heavy atom. The number of ketones is 1. The fraction of sp³-hybridized carbons (Fsp3) is 0.158. The summed E-state index contributed by atoms with van der Waals surface area (Å²) in [6, 6.07) is 10.5. The fourth-order valence-corrected chi connectivity index (χ4v) is 3.55. The van der Waals surface area contributed by atoms with Gasteiger partial charge in [0.25, 0.3) is 0 Å². The van der Waals surface area contributed by atoms with Gasteiger partial charge in [0, 0.05) is 16.3 Å². The van der Waals surface area contributed by atoms with Crippen molar-refractivity contribution in [2.24, 2.45) is 0 Å². The largest absolute Gasteiger partial charge is 0.493 e. The molecule has 0 bridgehead atoms. The Labute approximate surface area is 165 Å². The molecule has 8 heteroatoms. The summed E-state index contributed by atoms with van der Waals surface area (Å²) in [5, 5.41) is 4.33. The van der Waals surface area contributed by atoms with Crippen molar-refractivity contribution >= 4 is 45.4 Å². The Morgan fingerprint density at radius 1 is 1.19 bits per heavy atom. The molecule has 3 rings (SSSR count). The van der Waals surface area contributed by atoms with Gasteiger partial charge in [-0.2, -0.15) is 0 Å². The summed E-state index contributed by atoms with van der Waals surface area (Å²) in [5.41, 5.74) is 8.12. The second-order valence-electron chi connectivity index (χ2n) is 5.67. The zero-order valence-electron chi connectivity index (χ0n) is 15.0. The van der Waals surface area contributed by atoms with Gasteiger partial charge in [-0.15, -0.1) is 0 Å². The molecule has 1 heterocycles. The summed E-state index contributed by atoms with van der Waals surface area (Å²) in [6.45, 7) is 1.90. The molecular weight excluding hydrogens is 386 g/mol. The lowest BCUT2D eigenvalue weighted by Crippen LogP contribution is -2.03. The number of halogens is 1. The predicted molar refractivity (Wildman–Crippen MR) is 109 cm³/mol. The van der Waals surface area contributed by atoms with Crippen LogP contribution in [-0.2, 0) is 0 Å². The first-order valence-electron chi connectivity index (χ1n) is 7.99. The number of aromatic nitrogens is 1. The third-order valence-corrected chi connectivity index (χ3v) is 5.41. The summed E-state index contributed by atoms with van der Waals surface area (Å²) in [5.74, 6) is 0.952. The highest BCUT2D eigenvalue weighted by molar-refractivity contribution is 7.18. The Balaban J connectivity index is 1.90. The van der Waals surface area contributed by atoms with Gasteiger partial charge in [0.15, 0.2) is 16.6 Å². The smallest absolute Gasteiger partial charge is 0.206 e. The van der Waals surface area contributed by atoms with Crippen LogP contribution in [0.15, 0.2) is 36.4 Å². The fourth-order valence-electron chi connectivity index (χ4n) is 2.51. The molecule has 0 saturated carbocycles. The zero-order valence-corrected chi connectivity index (χ0v) is 16.6. The lowest BCUT2D eigenvalue weighted by atomic mass is 10.1. The Hall–Kier alpha value is -2.77. The van der Waals surface area contributed by atoms with E-state index in [9.17, 15) is 4.79 Å². The molecule has 3 aromatic rings. The number of nitrogen functional groups attached to an aromatic ring is 1. The molecule has 0 saturated heterocycles. The van der Waals surface area contributed by atoms with Crippen LogP contribution in [0.25, 0.3) is 0 Å². The van der Waals surface area contributed by atoms with E-state index in [-0.39, 0.29) is 11.6 Å². The molecule has 2 aromatic carbocycles. The summed E-state index contributed by atoms with van der Waals surface area (Å²) < 4.78 is 10.5. The highest BCUT2D eigenvalue weighted by atomic mass is 35.5. The third-order valence-electron chi connectivity index (χ3n) is 4.01. The molecule has 0 atom stereocenters. The second-order valence-corrected chi connectivity index (χ2v) is 7.08. The number of nitrogens with two attached hydrogens (primary N) is 1. The molecule has 0 fully saturated rings. The van der Waals surface area contributed by atoms with E-state index in [0.717, 1.165) is 11.3 Å². The number of methoxy groups -OCH3 is 2. The number of benzene rings is 2. The molecule has 0 amide bonds. The van der Waals surface area contributed by atoms with Gasteiger partial charge in [-0.25, -0.2) is 4.98 Å². The van der Waals surface area contributed by atoms with Crippen molar-refractivity contribution in [1.29, 1.82) is 0 Å². The van der Waals surface area contributed by atoms with Crippen molar-refractivity contribution in [2.75, 3.05) is 25.3 Å². The van der Waals surface area contributed by atoms with Gasteiger partial charge in [-0.1, -0.05) is 29.0 Å². The van der Waals surface area contributed by atoms with Crippen LogP contribution in [0.3, 0.4) is 0 Å². The Bertz CT molecular complexity index is 1000. The highest BCUT2D eigenvalue weighted by Gasteiger charge is 2.20. The van der Waals surface area contributed by atoms with Gasteiger partial charge in [-0.05, 0) is 42.8 Å². The Kier molecular flexibility index (Phi) is 5.53. The monoisotopic (exact) mass is 403 g/mol. The predicted octanol–water partition coefficient (Wildman–Crippen LogP) is 4.68. The number of rotatable bonds is 6. The molecule has 1 aromatic heterocycles. The van der Waals surface area contributed by atoms with Gasteiger partial charge in [-0.3, -0.25) is 4.79 Å². The average molecular weight is 404 g/mol. The SMILES string of the molecule is COc1ccc(C(=O)c2sc(Nc3cccc(Cl)c3C)nc2N)cc1OC. The minimum absolute atomic E-state index is 0.168. The molecule has 0 aliphatic carbocycles. The van der Waals surface area contributed by atoms with Crippen molar-refractivity contribution < 1.29 is 14.3 Å². The van der Waals surface area contributed by atoms with E-state index in [1.807, 2.05) is 25.1 Å². The average Bonchev–Trinajstić information content (AvgIpc) is 3.04. The summed E-state index contributed by atoms with van der Waals surface area (Å²) >= 11 is 7.33. The topological polar surface area (TPSA) is 86.5 Å². The van der Waals surface area contributed by atoms with E-state index in [4.69, 9.17) is 26.8 Å². The summed E-state index contributed by atoms with van der Waals surface area (Å²) in [7, 11) is 3.05. The lowest BCUT2D eigenvalue weighted by molar-refractivity contribution is 0.104. The summed E-state index contributed by atoms with van der Waals surface area (Å²) in [6.07, 6.45) is 0. The number of nitrogens with one attached hydrogen (secondary N) is 1. The number of carbonyl (C=O) groups is 1. The number of anilines is 3. The van der Waals surface area contributed by atoms with Crippen molar-refractivity contribution in [3.63, 3.8) is 0 Å². The maximum Gasteiger partial charge on any atom is 0.206 e. The number of ether oxygens (including phenoxy) is 2. The van der Waals surface area contributed by atoms with Crippen molar-refractivity contribution in [1.82, 2.24) is 4.98 Å². The molecule has 0 spiro atoms. The standard InChI is InChI=1S/C19H18ClN3O3S/c1-10-12(20)5-4-6-13(10)22-19-23-18(21)17(27-19)16(24)11-7-8-14(25-2)15(9-11)26-3/h4-9H,21H2,1-3H3,(H,22,23). The first-order valence-corrected chi connectivity index (χ1v) is 9.19. The normalized spacial score (nSPS) is 10.5. The molecule has 0 radical (unpaired) electrons. The van der Waals surface area contributed by atoms with E-state index in [1.54, 1.807) is 18.2 Å². The molecule has 3 N–H and O–H groups in total. The maximum atomic E-state index is 12.9. The van der Waals surface area contributed by atoms with Crippen LogP contribution in [0.2, 0.25) is 5.02 Å². The Morgan fingerprint density at radius 3 is 2.63 bits per heavy atom. The number of hydrogen-bond acceptors (Lipinski definition) is 7. The third kappa shape index (κ3) is 3.84. The molecule has 0 unspecified atom stereocenters. The molecule has 140 valence electrons. The second kappa shape index (κ2) is 7.85. The van der Waals surface area contributed by atoms with Crippen LogP contribution in [0.5, 0.6) is 11.5 Å². The number of nitrogens with zero attached hydrogens (tertiary/aromatic N) is 1. The van der Waals surface area contributed by atoms with Crippen LogP contribution >= 0.6 is 22.9 Å². The minimum Gasteiger partial charge on any atom is -0.493 e. The highest BCUT2D eigenvalue weighted by Crippen LogP contribution is 2.34. The van der Waals surface area contributed by atoms with Gasteiger partial charge in [0.05, 0.1) is 14.2 Å². The van der Waals surface area contributed by atoms with E-state index in [0.29, 0.717) is 32.1 Å². The van der Waals surface area contributed by atoms with E-state index >= 15 is 0 Å². The first-order chi connectivity index (χ1) is 12.9. The van der Waals surface area contributed by atoms with Crippen molar-refractivity contribution in [3.05, 3.63) is 57.4 Å². The summed E-state index contributed by atoms with van der Waals surface area (Å²) in [4.78, 5) is 17.5. The molecule has 6 nitrogen and oxygen atoms in total. The quantitative estimate of drug-likeness (QED) is 0.581. The first kappa shape index (κ1) is 19.0. The van der Waals surface area contributed by atoms with Gasteiger partial charge in [0.2, 0.25) is 5.78 Å². The minimum atomic E-state index is -0.234. The molecule has 0 aliphatic heterocycles. The number of thiazole rings is 1. The van der Waals surface area contributed by atoms with E-state index < -0.39 is 0 Å². The lowest BCUT2D eigenvalue weighted by Gasteiger charge is -2.08. The van der Waals surface area contributed by atoms with Crippen LogP contribution in [0, 0.1) is 6.92 Å². The van der Waals surface area contributed by atoms with Crippen molar-refractivity contribution in [3.8, 4) is 11.5 Å². The molecule has 27 heavy (non-hydrogen) atoms. The number of carbonyl (C=O) groups excluding carboxylic acids is 1. The van der Waals surface area contributed by atoms with Crippen molar-refractivity contribution in [2.45, 2.75) is 6.92 Å². The van der Waals surface area contributed by atoms with Gasteiger partial charge >= 0.3 is 0 Å². The molecule has 0 aliphatic rings. The molecular formula is C19H18ClN3O3S. The van der Waals surface area contributed by atoms with Gasteiger partial charge in [0.1, 0.15) is 10.7 Å². The van der Waals surface area contributed by atoms with Crippen LogP contribution in [-0.4, -0.2) is 25.0 Å². The zero-order chi connectivity index (χ0) is 19.6. The van der Waals surface area contributed by atoms with E-state index in [1.165, 1.54) is 25.6 Å². The van der Waals surface area contributed by atoms with Crippen LogP contribution in [0.4, 0.5) is 16.6 Å². The van der Waals surface area contributed by atoms with Crippen LogP contribution < -0.4 is 20.5 Å². The van der Waals surface area contributed by atoms with Gasteiger partial charge < -0.3 is 20.5 Å². The van der Waals surface area contributed by atoms with E-state index in [2.05, 4.69) is 10.3 Å². The maximum absolute atomic E-state index is 12.9. The number of hydrogen-bond donors (Lipinski definition) is 2. The van der Waals surface area contributed by atoms with Crippen LogP contribution in [0.1, 0.15) is 20.8 Å².